The first-order valence-electron chi connectivity index (χ1n) is 9.37. The summed E-state index contributed by atoms with van der Waals surface area (Å²) >= 11 is 0. The van der Waals surface area contributed by atoms with Crippen molar-refractivity contribution in [3.8, 4) is 0 Å². The Morgan fingerprint density at radius 3 is 2.78 bits per heavy atom. The number of hydrogen-bond donors (Lipinski definition) is 1. The van der Waals surface area contributed by atoms with Crippen molar-refractivity contribution in [3.63, 3.8) is 0 Å². The highest BCUT2D eigenvalue weighted by molar-refractivity contribution is 5.96. The zero-order valence-electron chi connectivity index (χ0n) is 15.3. The van der Waals surface area contributed by atoms with Crippen LogP contribution in [0.15, 0.2) is 18.2 Å². The molecule has 2 atom stereocenters. The van der Waals surface area contributed by atoms with Crippen LogP contribution in [-0.2, 0) is 9.53 Å². The van der Waals surface area contributed by atoms with Crippen LogP contribution in [0.4, 0.5) is 11.4 Å². The van der Waals surface area contributed by atoms with E-state index >= 15 is 0 Å². The predicted octanol–water partition coefficient (Wildman–Crippen LogP) is 2.27. The summed E-state index contributed by atoms with van der Waals surface area (Å²) in [4.78, 5) is 37.8. The zero-order valence-corrected chi connectivity index (χ0v) is 15.3. The first-order valence-corrected chi connectivity index (χ1v) is 9.37. The molecule has 0 radical (unpaired) electrons. The van der Waals surface area contributed by atoms with Gasteiger partial charge in [0.25, 0.3) is 11.6 Å². The van der Waals surface area contributed by atoms with Crippen molar-refractivity contribution in [2.45, 2.75) is 38.1 Å². The van der Waals surface area contributed by atoms with E-state index in [0.29, 0.717) is 24.3 Å². The molecule has 2 saturated carbocycles. The predicted molar refractivity (Wildman–Crippen MR) is 97.6 cm³/mol. The molecule has 3 fully saturated rings. The van der Waals surface area contributed by atoms with Crippen LogP contribution in [0.2, 0.25) is 0 Å². The number of hydrogen-bond acceptors (Lipinski definition) is 6. The normalized spacial score (nSPS) is 26.6. The molecule has 27 heavy (non-hydrogen) atoms. The Morgan fingerprint density at radius 1 is 1.33 bits per heavy atom. The van der Waals surface area contributed by atoms with Gasteiger partial charge in [-0.2, -0.15) is 0 Å². The van der Waals surface area contributed by atoms with Crippen molar-refractivity contribution < 1.29 is 19.2 Å². The lowest BCUT2D eigenvalue weighted by Crippen LogP contribution is -2.37. The second kappa shape index (κ2) is 6.51. The van der Waals surface area contributed by atoms with Crippen LogP contribution in [0.3, 0.4) is 0 Å². The van der Waals surface area contributed by atoms with Gasteiger partial charge in [0.15, 0.2) is 0 Å². The van der Waals surface area contributed by atoms with Crippen LogP contribution in [0.1, 0.15) is 42.5 Å². The van der Waals surface area contributed by atoms with E-state index in [2.05, 4.69) is 5.32 Å². The van der Waals surface area contributed by atoms with Crippen molar-refractivity contribution in [3.05, 3.63) is 33.9 Å². The van der Waals surface area contributed by atoms with Crippen LogP contribution in [0, 0.1) is 21.4 Å². The Bertz CT molecular complexity index is 807. The van der Waals surface area contributed by atoms with Gasteiger partial charge < -0.3 is 15.0 Å². The van der Waals surface area contributed by atoms with Gasteiger partial charge in [-0.05, 0) is 43.7 Å². The summed E-state index contributed by atoms with van der Waals surface area (Å²) in [7, 11) is 1.39. The molecule has 0 bridgehead atoms. The second-order valence-electron chi connectivity index (χ2n) is 7.83. The van der Waals surface area contributed by atoms with E-state index in [-0.39, 0.29) is 29.5 Å². The van der Waals surface area contributed by atoms with Crippen molar-refractivity contribution in [1.29, 1.82) is 0 Å². The van der Waals surface area contributed by atoms with Gasteiger partial charge in [-0.3, -0.25) is 19.7 Å². The smallest absolute Gasteiger partial charge is 0.313 e. The molecule has 2 aliphatic carbocycles. The van der Waals surface area contributed by atoms with Gasteiger partial charge in [0, 0.05) is 30.8 Å². The summed E-state index contributed by atoms with van der Waals surface area (Å²) in [5.74, 6) is -0.366. The number of carbonyl (C=O) groups excluding carboxylic acids is 2. The van der Waals surface area contributed by atoms with E-state index < -0.39 is 10.3 Å². The lowest BCUT2D eigenvalue weighted by molar-refractivity contribution is -0.384. The number of fused-ring (bicyclic) bond motifs is 1. The zero-order chi connectivity index (χ0) is 19.2. The largest absolute Gasteiger partial charge is 0.469 e. The van der Waals surface area contributed by atoms with Crippen LogP contribution >= 0.6 is 0 Å². The van der Waals surface area contributed by atoms with Crippen LogP contribution in [0.25, 0.3) is 0 Å². The first kappa shape index (κ1) is 17.8. The number of nitrogens with one attached hydrogen (secondary N) is 1. The molecule has 0 spiro atoms. The van der Waals surface area contributed by atoms with E-state index in [1.807, 2.05) is 4.90 Å². The minimum absolute atomic E-state index is 0.0987. The van der Waals surface area contributed by atoms with Gasteiger partial charge in [0.2, 0.25) is 0 Å². The fourth-order valence-corrected chi connectivity index (χ4v) is 4.58. The number of nitro groups is 1. The van der Waals surface area contributed by atoms with Crippen molar-refractivity contribution >= 4 is 23.3 Å². The highest BCUT2D eigenvalue weighted by Crippen LogP contribution is 2.51. The van der Waals surface area contributed by atoms with Crippen molar-refractivity contribution in [2.24, 2.45) is 11.3 Å². The molecule has 1 heterocycles. The van der Waals surface area contributed by atoms with Gasteiger partial charge in [-0.1, -0.05) is 6.42 Å². The molecule has 1 amide bonds. The maximum Gasteiger partial charge on any atom is 0.313 e. The van der Waals surface area contributed by atoms with Crippen molar-refractivity contribution in [2.75, 3.05) is 25.1 Å². The molecule has 1 aromatic rings. The molecule has 3 aliphatic rings. The maximum absolute atomic E-state index is 12.4. The van der Waals surface area contributed by atoms with E-state index in [0.717, 1.165) is 32.1 Å². The molecule has 1 aliphatic heterocycles. The van der Waals surface area contributed by atoms with Gasteiger partial charge in [0.1, 0.15) is 5.69 Å². The first-order chi connectivity index (χ1) is 12.9. The molecule has 8 nitrogen and oxygen atoms in total. The topological polar surface area (TPSA) is 102 Å². The van der Waals surface area contributed by atoms with Crippen molar-refractivity contribution in [1.82, 2.24) is 5.32 Å². The number of anilines is 1. The van der Waals surface area contributed by atoms with Crippen LogP contribution < -0.4 is 10.2 Å². The van der Waals surface area contributed by atoms with Crippen LogP contribution in [0.5, 0.6) is 0 Å². The number of rotatable bonds is 5. The van der Waals surface area contributed by atoms with E-state index in [1.54, 1.807) is 12.1 Å². The monoisotopic (exact) mass is 373 g/mol. The highest BCUT2D eigenvalue weighted by Gasteiger charge is 2.56. The average molecular weight is 373 g/mol. The fraction of sp³-hybridized carbons (Fsp3) is 0.579. The van der Waals surface area contributed by atoms with E-state index in [1.165, 1.54) is 13.2 Å². The molecule has 8 heteroatoms. The Morgan fingerprint density at radius 2 is 2.11 bits per heavy atom. The number of nitrogens with zero attached hydrogens (tertiary/aromatic N) is 2. The molecule has 1 N–H and O–H groups in total. The third-order valence-corrected chi connectivity index (χ3v) is 6.15. The summed E-state index contributed by atoms with van der Waals surface area (Å²) < 4.78 is 5.04. The number of esters is 1. The number of amides is 1. The van der Waals surface area contributed by atoms with Gasteiger partial charge in [-0.15, -0.1) is 0 Å². The Labute approximate surface area is 157 Å². The molecule has 0 aromatic heterocycles. The van der Waals surface area contributed by atoms with Gasteiger partial charge >= 0.3 is 5.97 Å². The number of ether oxygens (including phenoxy) is 1. The standard InChI is InChI=1S/C19H23N3O5/c1-27-18(24)19-8-2-3-13(19)10-21(11-19)15-7-4-12(9-16(15)22(25)26)17(23)20-14-5-6-14/h4,7,9,13-14H,2-3,5-6,8,10-11H2,1H3,(H,20,23). The van der Waals surface area contributed by atoms with Crippen LogP contribution in [-0.4, -0.2) is 43.0 Å². The van der Waals surface area contributed by atoms with E-state index in [4.69, 9.17) is 4.74 Å². The Kier molecular flexibility index (Phi) is 4.28. The highest BCUT2D eigenvalue weighted by atomic mass is 16.6. The Balaban J connectivity index is 1.62. The minimum atomic E-state index is -0.579. The lowest BCUT2D eigenvalue weighted by atomic mass is 9.81. The minimum Gasteiger partial charge on any atom is -0.469 e. The fourth-order valence-electron chi connectivity index (χ4n) is 4.58. The van der Waals surface area contributed by atoms with Gasteiger partial charge in [-0.25, -0.2) is 0 Å². The summed E-state index contributed by atoms with van der Waals surface area (Å²) in [6, 6.07) is 4.78. The number of benzene rings is 1. The average Bonchev–Trinajstić information content (AvgIpc) is 3.25. The second-order valence-corrected chi connectivity index (χ2v) is 7.83. The summed E-state index contributed by atoms with van der Waals surface area (Å²) in [6.07, 6.45) is 4.54. The number of methoxy groups -OCH3 is 1. The third kappa shape index (κ3) is 3.02. The third-order valence-electron chi connectivity index (χ3n) is 6.15. The molecule has 1 saturated heterocycles. The van der Waals surface area contributed by atoms with Gasteiger partial charge in [0.05, 0.1) is 17.4 Å². The summed E-state index contributed by atoms with van der Waals surface area (Å²) in [5, 5.41) is 14.5. The quantitative estimate of drug-likeness (QED) is 0.483. The van der Waals surface area contributed by atoms with E-state index in [9.17, 15) is 19.7 Å². The SMILES string of the molecule is COC(=O)C12CCCC1CN(c1ccc(C(=O)NC3CC3)cc1[N+](=O)[O-])C2. The molecular weight excluding hydrogens is 350 g/mol. The number of nitro benzene ring substituents is 1. The lowest BCUT2D eigenvalue weighted by Gasteiger charge is -2.26. The Hall–Kier alpha value is -2.64. The molecule has 4 rings (SSSR count). The summed E-state index contributed by atoms with van der Waals surface area (Å²) in [5.41, 5.74) is 0.0727. The molecule has 1 aromatic carbocycles. The molecule has 2 unspecified atom stereocenters. The number of carbonyl (C=O) groups is 2. The maximum atomic E-state index is 12.4. The summed E-state index contributed by atoms with van der Waals surface area (Å²) in [6.45, 7) is 1.00. The molecular formula is C19H23N3O5. The molecule has 144 valence electrons.